The summed E-state index contributed by atoms with van der Waals surface area (Å²) < 4.78 is 11.2. The molecule has 0 fully saturated rings. The summed E-state index contributed by atoms with van der Waals surface area (Å²) in [6.45, 7) is 1.41. The molecular formula is C21H25N3O2. The third-order valence-electron chi connectivity index (χ3n) is 4.83. The first-order chi connectivity index (χ1) is 12.9. The molecule has 0 bridgehead atoms. The lowest BCUT2D eigenvalue weighted by Crippen LogP contribution is -2.45. The zero-order valence-corrected chi connectivity index (χ0v) is 14.9. The number of hydrogen-bond acceptors (Lipinski definition) is 3. The average molecular weight is 351 g/mol. The number of rotatable bonds is 5. The second-order valence-electron chi connectivity index (χ2n) is 6.72. The fourth-order valence-electron chi connectivity index (χ4n) is 3.45. The molecule has 1 aromatic heterocycles. The van der Waals surface area contributed by atoms with Gasteiger partial charge in [-0.2, -0.15) is 0 Å². The van der Waals surface area contributed by atoms with Gasteiger partial charge in [0.15, 0.2) is 5.96 Å². The number of para-hydroxylation sites is 1. The molecule has 2 N–H and O–H groups in total. The van der Waals surface area contributed by atoms with E-state index in [4.69, 9.17) is 14.1 Å². The number of fused-ring (bicyclic) bond motifs is 1. The van der Waals surface area contributed by atoms with Crippen LogP contribution in [0.15, 0.2) is 64.2 Å². The van der Waals surface area contributed by atoms with E-state index in [2.05, 4.69) is 34.9 Å². The topological polar surface area (TPSA) is 58.8 Å². The molecule has 26 heavy (non-hydrogen) atoms. The van der Waals surface area contributed by atoms with Crippen molar-refractivity contribution in [1.29, 1.82) is 0 Å². The number of nitrogens with zero attached hydrogens (tertiary/aromatic N) is 1. The van der Waals surface area contributed by atoms with E-state index < -0.39 is 0 Å². The second-order valence-corrected chi connectivity index (χ2v) is 6.72. The molecule has 1 aliphatic carbocycles. The van der Waals surface area contributed by atoms with Crippen molar-refractivity contribution >= 4 is 5.96 Å². The normalized spacial score (nSPS) is 19.8. The largest absolute Gasteiger partial charge is 0.493 e. The summed E-state index contributed by atoms with van der Waals surface area (Å²) in [5, 5.41) is 7.20. The van der Waals surface area contributed by atoms with Crippen molar-refractivity contribution in [2.24, 2.45) is 4.99 Å². The Labute approximate surface area is 154 Å². The van der Waals surface area contributed by atoms with Gasteiger partial charge in [0, 0.05) is 31.0 Å². The summed E-state index contributed by atoms with van der Waals surface area (Å²) in [5.41, 5.74) is 1.20. The van der Waals surface area contributed by atoms with Crippen molar-refractivity contribution in [2.75, 3.05) is 13.2 Å². The highest BCUT2D eigenvalue weighted by Gasteiger charge is 2.23. The van der Waals surface area contributed by atoms with Gasteiger partial charge in [0.1, 0.15) is 11.5 Å². The fraction of sp³-hybridized carbons (Fsp3) is 0.381. The van der Waals surface area contributed by atoms with Gasteiger partial charge in [-0.05, 0) is 31.0 Å². The molecular weight excluding hydrogens is 326 g/mol. The summed E-state index contributed by atoms with van der Waals surface area (Å²) in [6.07, 6.45) is 9.97. The lowest BCUT2D eigenvalue weighted by Gasteiger charge is -2.29. The third-order valence-corrected chi connectivity index (χ3v) is 4.83. The van der Waals surface area contributed by atoms with Gasteiger partial charge in [-0.15, -0.1) is 0 Å². The second kappa shape index (κ2) is 8.13. The molecule has 0 amide bonds. The van der Waals surface area contributed by atoms with Crippen LogP contribution < -0.4 is 15.4 Å². The van der Waals surface area contributed by atoms with E-state index in [1.807, 2.05) is 24.3 Å². The van der Waals surface area contributed by atoms with Gasteiger partial charge >= 0.3 is 0 Å². The van der Waals surface area contributed by atoms with Crippen LogP contribution in [0, 0.1) is 0 Å². The smallest absolute Gasteiger partial charge is 0.192 e. The average Bonchev–Trinajstić information content (AvgIpc) is 3.36. The van der Waals surface area contributed by atoms with Crippen molar-refractivity contribution in [3.8, 4) is 5.75 Å². The monoisotopic (exact) mass is 351 g/mol. The Kier molecular flexibility index (Phi) is 5.24. The van der Waals surface area contributed by atoms with E-state index in [9.17, 15) is 0 Å². The van der Waals surface area contributed by atoms with Gasteiger partial charge in [0.2, 0.25) is 0 Å². The van der Waals surface area contributed by atoms with Gasteiger partial charge in [0.25, 0.3) is 0 Å². The van der Waals surface area contributed by atoms with E-state index in [0.29, 0.717) is 12.6 Å². The first kappa shape index (κ1) is 16.8. The van der Waals surface area contributed by atoms with Crippen LogP contribution in [0.5, 0.6) is 5.75 Å². The fourth-order valence-corrected chi connectivity index (χ4v) is 3.45. The Bertz CT molecular complexity index is 759. The van der Waals surface area contributed by atoms with E-state index in [1.165, 1.54) is 5.56 Å². The van der Waals surface area contributed by atoms with Gasteiger partial charge in [-0.1, -0.05) is 30.4 Å². The van der Waals surface area contributed by atoms with Crippen LogP contribution in [-0.4, -0.2) is 25.2 Å². The van der Waals surface area contributed by atoms with Crippen molar-refractivity contribution in [3.05, 3.63) is 66.1 Å². The van der Waals surface area contributed by atoms with Crippen LogP contribution in [0.2, 0.25) is 0 Å². The molecule has 1 aromatic carbocycles. The summed E-state index contributed by atoms with van der Waals surface area (Å²) in [4.78, 5) is 4.79. The summed E-state index contributed by atoms with van der Waals surface area (Å²) in [6, 6.07) is 12.8. The molecule has 5 heteroatoms. The van der Waals surface area contributed by atoms with Gasteiger partial charge in [0.05, 0.1) is 18.9 Å². The number of benzene rings is 1. The highest BCUT2D eigenvalue weighted by atomic mass is 16.5. The van der Waals surface area contributed by atoms with Gasteiger partial charge < -0.3 is 19.8 Å². The minimum absolute atomic E-state index is 0.212. The lowest BCUT2D eigenvalue weighted by atomic mass is 10.0. The van der Waals surface area contributed by atoms with E-state index in [1.54, 1.807) is 6.26 Å². The number of guanidine groups is 1. The number of nitrogens with one attached hydrogen (secondary N) is 2. The molecule has 1 atom stereocenters. The lowest BCUT2D eigenvalue weighted by molar-refractivity contribution is 0.261. The Morgan fingerprint density at radius 1 is 1.08 bits per heavy atom. The third kappa shape index (κ3) is 4.10. The molecule has 4 rings (SSSR count). The standard InChI is InChI=1S/C21H25N3O2/c1-2-7-16(6-1)23-21(22-13-11-17-8-5-14-25-17)24-19-12-15-26-20-10-4-3-9-18(19)20/h1-5,8-10,14,16,19H,6-7,11-13,15H2,(H2,22,23,24). The Hall–Kier alpha value is -2.69. The predicted molar refractivity (Wildman–Crippen MR) is 102 cm³/mol. The van der Waals surface area contributed by atoms with Crippen LogP contribution >= 0.6 is 0 Å². The molecule has 5 nitrogen and oxygen atoms in total. The van der Waals surface area contributed by atoms with Crippen molar-refractivity contribution in [2.45, 2.75) is 37.8 Å². The van der Waals surface area contributed by atoms with Crippen molar-refractivity contribution < 1.29 is 9.15 Å². The SMILES string of the molecule is C1=CCC(NC(=NCCc2ccco2)NC2CCOc3ccccc32)C1. The van der Waals surface area contributed by atoms with Crippen LogP contribution in [0.4, 0.5) is 0 Å². The highest BCUT2D eigenvalue weighted by Crippen LogP contribution is 2.31. The Balaban J connectivity index is 1.45. The molecule has 1 unspecified atom stereocenters. The van der Waals surface area contributed by atoms with Crippen LogP contribution in [-0.2, 0) is 6.42 Å². The molecule has 2 heterocycles. The summed E-state index contributed by atoms with van der Waals surface area (Å²) in [5.74, 6) is 2.80. The van der Waals surface area contributed by atoms with Crippen LogP contribution in [0.25, 0.3) is 0 Å². The molecule has 2 aliphatic rings. The Morgan fingerprint density at radius 3 is 2.81 bits per heavy atom. The van der Waals surface area contributed by atoms with Crippen molar-refractivity contribution in [1.82, 2.24) is 10.6 Å². The minimum Gasteiger partial charge on any atom is -0.493 e. The van der Waals surface area contributed by atoms with Gasteiger partial charge in [-0.3, -0.25) is 4.99 Å². The predicted octanol–water partition coefficient (Wildman–Crippen LogP) is 3.60. The summed E-state index contributed by atoms with van der Waals surface area (Å²) >= 11 is 0. The molecule has 0 radical (unpaired) electrons. The molecule has 1 aliphatic heterocycles. The Morgan fingerprint density at radius 2 is 1.96 bits per heavy atom. The molecule has 136 valence electrons. The van der Waals surface area contributed by atoms with Crippen molar-refractivity contribution in [3.63, 3.8) is 0 Å². The summed E-state index contributed by atoms with van der Waals surface area (Å²) in [7, 11) is 0. The maximum atomic E-state index is 5.78. The highest BCUT2D eigenvalue weighted by molar-refractivity contribution is 5.81. The number of ether oxygens (including phenoxy) is 1. The molecule has 0 spiro atoms. The quantitative estimate of drug-likeness (QED) is 0.491. The van der Waals surface area contributed by atoms with Crippen LogP contribution in [0.1, 0.15) is 36.6 Å². The first-order valence-corrected chi connectivity index (χ1v) is 9.35. The molecule has 0 saturated heterocycles. The van der Waals surface area contributed by atoms with E-state index >= 15 is 0 Å². The molecule has 2 aromatic rings. The van der Waals surface area contributed by atoms with Gasteiger partial charge in [-0.25, -0.2) is 0 Å². The maximum Gasteiger partial charge on any atom is 0.192 e. The van der Waals surface area contributed by atoms with E-state index in [-0.39, 0.29) is 6.04 Å². The number of hydrogen-bond donors (Lipinski definition) is 2. The van der Waals surface area contributed by atoms with Crippen LogP contribution in [0.3, 0.4) is 0 Å². The zero-order chi connectivity index (χ0) is 17.6. The maximum absolute atomic E-state index is 5.78. The number of aliphatic imine (C=N–C) groups is 1. The van der Waals surface area contributed by atoms with E-state index in [0.717, 1.165) is 49.8 Å². The zero-order valence-electron chi connectivity index (χ0n) is 14.9. The first-order valence-electron chi connectivity index (χ1n) is 9.35. The molecule has 0 saturated carbocycles. The number of furan rings is 1. The minimum atomic E-state index is 0.212.